The quantitative estimate of drug-likeness (QED) is 0.745. The maximum absolute atomic E-state index is 12.3. The van der Waals surface area contributed by atoms with Crippen molar-refractivity contribution in [1.29, 1.82) is 0 Å². The first-order valence-electron chi connectivity index (χ1n) is 8.81. The highest BCUT2D eigenvalue weighted by atomic mass is 16.4. The highest BCUT2D eigenvalue weighted by molar-refractivity contribution is 5.85. The molecule has 0 spiro atoms. The summed E-state index contributed by atoms with van der Waals surface area (Å²) in [5.74, 6) is -0.891. The lowest BCUT2D eigenvalue weighted by Crippen LogP contribution is -2.38. The maximum Gasteiger partial charge on any atom is 0.419 e. The number of fused-ring (bicyclic) bond motifs is 2. The number of nitrogens with zero attached hydrogens (tertiary/aromatic N) is 2. The summed E-state index contributed by atoms with van der Waals surface area (Å²) in [6.45, 7) is 1.29. The van der Waals surface area contributed by atoms with E-state index >= 15 is 0 Å². The molecule has 0 fully saturated rings. The van der Waals surface area contributed by atoms with Gasteiger partial charge in [-0.15, -0.1) is 0 Å². The normalized spacial score (nSPS) is 13.0. The Balaban J connectivity index is 1.29. The molecule has 1 N–H and O–H groups in total. The standard InChI is InChI=1S/C20H19N3O4/c24-18(9-10-23-16-7-3-4-8-17(16)27-20(23)26)21-11-19(25)22-12-14-5-1-2-6-15(14)13-22/h1-8H,9-13H2,(H,21,24). The van der Waals surface area contributed by atoms with Gasteiger partial charge in [0.15, 0.2) is 5.58 Å². The van der Waals surface area contributed by atoms with Crippen LogP contribution in [0, 0.1) is 0 Å². The van der Waals surface area contributed by atoms with Crippen molar-refractivity contribution in [2.24, 2.45) is 0 Å². The third-order valence-corrected chi connectivity index (χ3v) is 4.77. The summed E-state index contributed by atoms with van der Waals surface area (Å²) >= 11 is 0. The first-order chi connectivity index (χ1) is 13.1. The molecule has 2 heterocycles. The van der Waals surface area contributed by atoms with E-state index < -0.39 is 5.76 Å². The van der Waals surface area contributed by atoms with E-state index in [1.54, 1.807) is 29.2 Å². The predicted molar refractivity (Wildman–Crippen MR) is 98.8 cm³/mol. The Morgan fingerprint density at radius 1 is 1.00 bits per heavy atom. The number of carbonyl (C=O) groups excluding carboxylic acids is 2. The lowest BCUT2D eigenvalue weighted by atomic mass is 10.1. The number of benzene rings is 2. The summed E-state index contributed by atoms with van der Waals surface area (Å²) in [6, 6.07) is 15.0. The Morgan fingerprint density at radius 2 is 1.67 bits per heavy atom. The summed E-state index contributed by atoms with van der Waals surface area (Å²) in [6.07, 6.45) is 0.0942. The van der Waals surface area contributed by atoms with Crippen LogP contribution in [0.3, 0.4) is 0 Å². The van der Waals surface area contributed by atoms with Gasteiger partial charge in [-0.25, -0.2) is 4.79 Å². The minimum absolute atomic E-state index is 0.0478. The molecular weight excluding hydrogens is 346 g/mol. The number of nitrogens with one attached hydrogen (secondary N) is 1. The molecule has 1 aromatic heterocycles. The second kappa shape index (κ2) is 7.11. The Labute approximate surface area is 155 Å². The third-order valence-electron chi connectivity index (χ3n) is 4.77. The smallest absolute Gasteiger partial charge is 0.408 e. The van der Waals surface area contributed by atoms with E-state index in [4.69, 9.17) is 4.42 Å². The van der Waals surface area contributed by atoms with Crippen molar-refractivity contribution in [3.63, 3.8) is 0 Å². The molecule has 0 aliphatic carbocycles. The summed E-state index contributed by atoms with van der Waals surface area (Å²) in [5, 5.41) is 2.64. The second-order valence-corrected chi connectivity index (χ2v) is 6.53. The predicted octanol–water partition coefficient (Wildman–Crippen LogP) is 1.64. The highest BCUT2D eigenvalue weighted by Crippen LogP contribution is 2.21. The monoisotopic (exact) mass is 365 g/mol. The molecule has 0 radical (unpaired) electrons. The topological polar surface area (TPSA) is 84.5 Å². The molecule has 7 nitrogen and oxygen atoms in total. The highest BCUT2D eigenvalue weighted by Gasteiger charge is 2.22. The zero-order valence-corrected chi connectivity index (χ0v) is 14.7. The molecule has 2 amide bonds. The van der Waals surface area contributed by atoms with Crippen LogP contribution in [0.5, 0.6) is 0 Å². The number of carbonyl (C=O) groups is 2. The lowest BCUT2D eigenvalue weighted by molar-refractivity contribution is -0.133. The van der Waals surface area contributed by atoms with Crippen LogP contribution in [-0.2, 0) is 29.2 Å². The average molecular weight is 365 g/mol. The molecule has 4 rings (SSSR count). The van der Waals surface area contributed by atoms with E-state index in [1.807, 2.05) is 24.3 Å². The van der Waals surface area contributed by atoms with E-state index in [2.05, 4.69) is 5.32 Å². The van der Waals surface area contributed by atoms with Gasteiger partial charge in [-0.3, -0.25) is 14.2 Å². The number of aryl methyl sites for hydroxylation is 1. The molecule has 0 bridgehead atoms. The molecule has 0 saturated heterocycles. The number of rotatable bonds is 5. The van der Waals surface area contributed by atoms with Gasteiger partial charge in [0.05, 0.1) is 12.1 Å². The van der Waals surface area contributed by atoms with Crippen LogP contribution in [0.2, 0.25) is 0 Å². The molecule has 27 heavy (non-hydrogen) atoms. The zero-order valence-electron chi connectivity index (χ0n) is 14.7. The van der Waals surface area contributed by atoms with E-state index in [0.29, 0.717) is 24.2 Å². The maximum atomic E-state index is 12.3. The van der Waals surface area contributed by atoms with E-state index in [1.165, 1.54) is 4.57 Å². The van der Waals surface area contributed by atoms with Crippen molar-refractivity contribution in [2.75, 3.05) is 6.54 Å². The van der Waals surface area contributed by atoms with Gasteiger partial charge < -0.3 is 14.6 Å². The summed E-state index contributed by atoms with van der Waals surface area (Å²) in [5.41, 5.74) is 3.43. The first-order valence-corrected chi connectivity index (χ1v) is 8.81. The minimum atomic E-state index is -0.491. The van der Waals surface area contributed by atoms with Gasteiger partial charge in [-0.05, 0) is 23.3 Å². The summed E-state index contributed by atoms with van der Waals surface area (Å²) in [7, 11) is 0. The number of aromatic nitrogens is 1. The third kappa shape index (κ3) is 3.48. The molecule has 0 atom stereocenters. The average Bonchev–Trinajstić information content (AvgIpc) is 3.24. The van der Waals surface area contributed by atoms with Crippen LogP contribution in [-0.4, -0.2) is 27.8 Å². The Bertz CT molecular complexity index is 1040. The second-order valence-electron chi connectivity index (χ2n) is 6.53. The molecule has 1 aliphatic heterocycles. The summed E-state index contributed by atoms with van der Waals surface area (Å²) < 4.78 is 6.57. The van der Waals surface area contributed by atoms with Crippen molar-refractivity contribution in [3.05, 3.63) is 70.2 Å². The number of oxazole rings is 1. The largest absolute Gasteiger partial charge is 0.419 e. The van der Waals surface area contributed by atoms with E-state index in [0.717, 1.165) is 11.1 Å². The van der Waals surface area contributed by atoms with Crippen LogP contribution >= 0.6 is 0 Å². The Kier molecular flexibility index (Phi) is 4.50. The van der Waals surface area contributed by atoms with E-state index in [9.17, 15) is 14.4 Å². The van der Waals surface area contributed by atoms with Gasteiger partial charge in [0, 0.05) is 26.1 Å². The fraction of sp³-hybridized carbons (Fsp3) is 0.250. The SMILES string of the molecule is O=C(CCn1c(=O)oc2ccccc21)NCC(=O)N1Cc2ccccc2C1. The molecule has 0 unspecified atom stereocenters. The van der Waals surface area contributed by atoms with Crippen molar-refractivity contribution >= 4 is 22.9 Å². The fourth-order valence-corrected chi connectivity index (χ4v) is 3.32. The van der Waals surface area contributed by atoms with Gasteiger partial charge in [-0.2, -0.15) is 0 Å². The molecule has 3 aromatic rings. The zero-order chi connectivity index (χ0) is 18.8. The molecule has 7 heteroatoms. The fourth-order valence-electron chi connectivity index (χ4n) is 3.32. The Hall–Kier alpha value is -3.35. The molecule has 138 valence electrons. The number of amides is 2. The van der Waals surface area contributed by atoms with E-state index in [-0.39, 0.29) is 31.3 Å². The van der Waals surface area contributed by atoms with Crippen LogP contribution in [0.4, 0.5) is 0 Å². The van der Waals surface area contributed by atoms with Gasteiger partial charge in [-0.1, -0.05) is 36.4 Å². The van der Waals surface area contributed by atoms with Crippen molar-refractivity contribution in [3.8, 4) is 0 Å². The van der Waals surface area contributed by atoms with Gasteiger partial charge in [0.25, 0.3) is 0 Å². The summed E-state index contributed by atoms with van der Waals surface area (Å²) in [4.78, 5) is 38.0. The van der Waals surface area contributed by atoms with Gasteiger partial charge >= 0.3 is 5.76 Å². The van der Waals surface area contributed by atoms with Crippen molar-refractivity contribution < 1.29 is 14.0 Å². The number of hydrogen-bond acceptors (Lipinski definition) is 4. The molecule has 1 aliphatic rings. The first kappa shape index (κ1) is 17.1. The number of hydrogen-bond donors (Lipinski definition) is 1. The number of para-hydroxylation sites is 2. The van der Waals surface area contributed by atoms with Gasteiger partial charge in [0.2, 0.25) is 11.8 Å². The van der Waals surface area contributed by atoms with Crippen LogP contribution in [0.1, 0.15) is 17.5 Å². The molecular formula is C20H19N3O4. The molecule has 2 aromatic carbocycles. The van der Waals surface area contributed by atoms with Crippen LogP contribution in [0.15, 0.2) is 57.7 Å². The van der Waals surface area contributed by atoms with Crippen LogP contribution < -0.4 is 11.1 Å². The van der Waals surface area contributed by atoms with Crippen molar-refractivity contribution in [1.82, 2.24) is 14.8 Å². The lowest BCUT2D eigenvalue weighted by Gasteiger charge is -2.15. The van der Waals surface area contributed by atoms with Crippen molar-refractivity contribution in [2.45, 2.75) is 26.1 Å². The Morgan fingerprint density at radius 3 is 2.41 bits per heavy atom. The molecule has 0 saturated carbocycles. The minimum Gasteiger partial charge on any atom is -0.408 e. The van der Waals surface area contributed by atoms with Crippen LogP contribution in [0.25, 0.3) is 11.1 Å². The van der Waals surface area contributed by atoms with Gasteiger partial charge in [0.1, 0.15) is 0 Å².